The van der Waals surface area contributed by atoms with Crippen molar-refractivity contribution in [3.05, 3.63) is 60.3 Å². The molecule has 6 nitrogen and oxygen atoms in total. The second kappa shape index (κ2) is 7.01. The SMILES string of the molecule is NC(=O)c1cnc2ccc(N3CCNCC3)cc2c1Nc1ccccc1. The molecule has 2 heterocycles. The molecule has 0 saturated carbocycles. The summed E-state index contributed by atoms with van der Waals surface area (Å²) in [6.45, 7) is 3.84. The van der Waals surface area contributed by atoms with Crippen LogP contribution in [0.1, 0.15) is 10.4 Å². The quantitative estimate of drug-likeness (QED) is 0.675. The highest BCUT2D eigenvalue weighted by atomic mass is 16.1. The molecular weight excluding hydrogens is 326 g/mol. The number of carbonyl (C=O) groups excluding carboxylic acids is 1. The van der Waals surface area contributed by atoms with Crippen molar-refractivity contribution in [3.8, 4) is 0 Å². The van der Waals surface area contributed by atoms with Crippen LogP contribution in [-0.2, 0) is 0 Å². The molecule has 1 saturated heterocycles. The van der Waals surface area contributed by atoms with E-state index in [0.717, 1.165) is 48.5 Å². The number of rotatable bonds is 4. The maximum absolute atomic E-state index is 12.0. The van der Waals surface area contributed by atoms with Gasteiger partial charge < -0.3 is 21.3 Å². The maximum Gasteiger partial charge on any atom is 0.252 e. The Morgan fingerprint density at radius 2 is 1.88 bits per heavy atom. The summed E-state index contributed by atoms with van der Waals surface area (Å²) in [5, 5.41) is 7.61. The molecule has 132 valence electrons. The summed E-state index contributed by atoms with van der Waals surface area (Å²) in [5.74, 6) is -0.495. The van der Waals surface area contributed by atoms with Gasteiger partial charge in [-0.15, -0.1) is 0 Å². The lowest BCUT2D eigenvalue weighted by Gasteiger charge is -2.29. The molecule has 0 unspecified atom stereocenters. The van der Waals surface area contributed by atoms with Crippen molar-refractivity contribution in [3.63, 3.8) is 0 Å². The summed E-state index contributed by atoms with van der Waals surface area (Å²) >= 11 is 0. The fourth-order valence-electron chi connectivity index (χ4n) is 3.29. The van der Waals surface area contributed by atoms with E-state index in [1.165, 1.54) is 0 Å². The standard InChI is InChI=1S/C20H21N5O/c21-20(26)17-13-23-18-7-6-15(25-10-8-22-9-11-25)12-16(18)19(17)24-14-4-2-1-3-5-14/h1-7,12-13,22H,8-11H2,(H2,21,26)(H,23,24). The van der Waals surface area contributed by atoms with E-state index in [1.54, 1.807) is 6.20 Å². The number of carbonyl (C=O) groups is 1. The Kier molecular flexibility index (Phi) is 4.41. The molecule has 1 aromatic heterocycles. The Morgan fingerprint density at radius 3 is 2.62 bits per heavy atom. The van der Waals surface area contributed by atoms with E-state index < -0.39 is 5.91 Å². The minimum Gasteiger partial charge on any atom is -0.369 e. The highest BCUT2D eigenvalue weighted by Gasteiger charge is 2.16. The van der Waals surface area contributed by atoms with Crippen LogP contribution in [0.3, 0.4) is 0 Å². The lowest BCUT2D eigenvalue weighted by atomic mass is 10.1. The molecule has 1 amide bonds. The summed E-state index contributed by atoms with van der Waals surface area (Å²) in [4.78, 5) is 18.7. The summed E-state index contributed by atoms with van der Waals surface area (Å²) in [6, 6.07) is 15.9. The zero-order valence-electron chi connectivity index (χ0n) is 14.4. The summed E-state index contributed by atoms with van der Waals surface area (Å²) in [6.07, 6.45) is 1.54. The molecule has 4 N–H and O–H groups in total. The highest BCUT2D eigenvalue weighted by molar-refractivity contribution is 6.08. The number of para-hydroxylation sites is 1. The van der Waals surface area contributed by atoms with Gasteiger partial charge in [-0.1, -0.05) is 18.2 Å². The van der Waals surface area contributed by atoms with Crippen LogP contribution in [0.5, 0.6) is 0 Å². The van der Waals surface area contributed by atoms with Gasteiger partial charge in [0.15, 0.2) is 0 Å². The Balaban J connectivity index is 1.84. The van der Waals surface area contributed by atoms with Crippen LogP contribution in [0.4, 0.5) is 17.1 Å². The van der Waals surface area contributed by atoms with E-state index in [9.17, 15) is 4.79 Å². The van der Waals surface area contributed by atoms with Crippen molar-refractivity contribution in [1.82, 2.24) is 10.3 Å². The average Bonchev–Trinajstić information content (AvgIpc) is 2.69. The van der Waals surface area contributed by atoms with E-state index in [4.69, 9.17) is 5.73 Å². The molecule has 26 heavy (non-hydrogen) atoms. The summed E-state index contributed by atoms with van der Waals surface area (Å²) < 4.78 is 0. The number of amides is 1. The third-order valence-electron chi connectivity index (χ3n) is 4.64. The first-order valence-corrected chi connectivity index (χ1v) is 8.73. The van der Waals surface area contributed by atoms with Gasteiger partial charge in [0.05, 0.1) is 16.8 Å². The zero-order chi connectivity index (χ0) is 17.9. The van der Waals surface area contributed by atoms with Crippen LogP contribution in [0.2, 0.25) is 0 Å². The molecule has 1 fully saturated rings. The zero-order valence-corrected chi connectivity index (χ0v) is 14.4. The molecule has 0 aliphatic carbocycles. The lowest BCUT2D eigenvalue weighted by Crippen LogP contribution is -2.43. The lowest BCUT2D eigenvalue weighted by molar-refractivity contribution is 0.100. The number of piperazine rings is 1. The molecule has 1 aliphatic heterocycles. The van der Waals surface area contributed by atoms with Gasteiger partial charge in [-0.2, -0.15) is 0 Å². The number of benzene rings is 2. The van der Waals surface area contributed by atoms with Crippen molar-refractivity contribution in [2.75, 3.05) is 36.4 Å². The Hall–Kier alpha value is -3.12. The van der Waals surface area contributed by atoms with Crippen LogP contribution in [0.15, 0.2) is 54.7 Å². The minimum atomic E-state index is -0.495. The van der Waals surface area contributed by atoms with Crippen molar-refractivity contribution < 1.29 is 4.79 Å². The number of aromatic nitrogens is 1. The van der Waals surface area contributed by atoms with Gasteiger partial charge in [-0.05, 0) is 30.3 Å². The van der Waals surface area contributed by atoms with Gasteiger partial charge in [-0.25, -0.2) is 0 Å². The molecule has 3 aromatic rings. The third kappa shape index (κ3) is 3.19. The summed E-state index contributed by atoms with van der Waals surface area (Å²) in [5.41, 5.74) is 9.54. The summed E-state index contributed by atoms with van der Waals surface area (Å²) in [7, 11) is 0. The highest BCUT2D eigenvalue weighted by Crippen LogP contribution is 2.32. The number of anilines is 3. The molecule has 0 spiro atoms. The van der Waals surface area contributed by atoms with Crippen molar-refractivity contribution >= 4 is 33.9 Å². The molecular formula is C20H21N5O. The van der Waals surface area contributed by atoms with Crippen LogP contribution in [0.25, 0.3) is 10.9 Å². The monoisotopic (exact) mass is 347 g/mol. The molecule has 0 atom stereocenters. The predicted molar refractivity (Wildman–Crippen MR) is 105 cm³/mol. The smallest absolute Gasteiger partial charge is 0.252 e. The number of pyridine rings is 1. The fraction of sp³-hybridized carbons (Fsp3) is 0.200. The van der Waals surface area contributed by atoms with Gasteiger partial charge in [0.1, 0.15) is 0 Å². The number of nitrogens with two attached hydrogens (primary N) is 1. The number of primary amides is 1. The van der Waals surface area contributed by atoms with Crippen molar-refractivity contribution in [2.24, 2.45) is 5.73 Å². The Bertz CT molecular complexity index is 936. The Labute approximate surface area is 152 Å². The first-order valence-electron chi connectivity index (χ1n) is 8.73. The van der Waals surface area contributed by atoms with E-state index in [0.29, 0.717) is 11.3 Å². The second-order valence-corrected chi connectivity index (χ2v) is 6.34. The van der Waals surface area contributed by atoms with Crippen molar-refractivity contribution in [1.29, 1.82) is 0 Å². The Morgan fingerprint density at radius 1 is 1.12 bits per heavy atom. The fourth-order valence-corrected chi connectivity index (χ4v) is 3.29. The normalized spacial score (nSPS) is 14.4. The molecule has 4 rings (SSSR count). The van der Waals surface area contributed by atoms with Gasteiger partial charge in [0.25, 0.3) is 5.91 Å². The number of nitrogens with zero attached hydrogens (tertiary/aromatic N) is 2. The third-order valence-corrected chi connectivity index (χ3v) is 4.64. The van der Waals surface area contributed by atoms with Gasteiger partial charge in [0, 0.05) is 49.1 Å². The molecule has 0 bridgehead atoms. The topological polar surface area (TPSA) is 83.3 Å². The van der Waals surface area contributed by atoms with E-state index >= 15 is 0 Å². The molecule has 6 heteroatoms. The predicted octanol–water partition coefficient (Wildman–Crippen LogP) is 2.49. The first-order chi connectivity index (χ1) is 12.7. The van der Waals surface area contributed by atoms with Crippen LogP contribution >= 0.6 is 0 Å². The van der Waals surface area contributed by atoms with E-state index in [2.05, 4.69) is 32.7 Å². The largest absolute Gasteiger partial charge is 0.369 e. The molecule has 0 radical (unpaired) electrons. The number of fused-ring (bicyclic) bond motifs is 1. The second-order valence-electron chi connectivity index (χ2n) is 6.34. The van der Waals surface area contributed by atoms with Crippen molar-refractivity contribution in [2.45, 2.75) is 0 Å². The maximum atomic E-state index is 12.0. The van der Waals surface area contributed by atoms with Crippen LogP contribution in [-0.4, -0.2) is 37.1 Å². The van der Waals surface area contributed by atoms with Gasteiger partial charge in [0.2, 0.25) is 0 Å². The number of nitrogens with one attached hydrogen (secondary N) is 2. The van der Waals surface area contributed by atoms with Crippen LogP contribution < -0.4 is 21.3 Å². The van der Waals surface area contributed by atoms with Gasteiger partial charge in [-0.3, -0.25) is 9.78 Å². The van der Waals surface area contributed by atoms with Gasteiger partial charge >= 0.3 is 0 Å². The minimum absolute atomic E-state index is 0.388. The number of hydrogen-bond acceptors (Lipinski definition) is 5. The molecule has 2 aromatic carbocycles. The van der Waals surface area contributed by atoms with Crippen LogP contribution in [0, 0.1) is 0 Å². The first kappa shape index (κ1) is 16.4. The average molecular weight is 347 g/mol. The molecule has 1 aliphatic rings. The van der Waals surface area contributed by atoms with E-state index in [1.807, 2.05) is 36.4 Å². The van der Waals surface area contributed by atoms with E-state index in [-0.39, 0.29) is 0 Å². The number of hydrogen-bond donors (Lipinski definition) is 3.